The number of aliphatic hydroxyl groups is 7. The van der Waals surface area contributed by atoms with Crippen molar-refractivity contribution in [3.63, 3.8) is 0 Å². The molecule has 0 aliphatic carbocycles. The minimum atomic E-state index is -1.70. The van der Waals surface area contributed by atoms with Crippen LogP contribution in [0.2, 0.25) is 0 Å². The van der Waals surface area contributed by atoms with Gasteiger partial charge in [-0.2, -0.15) is 0 Å². The Balaban J connectivity index is 2.06. The fraction of sp³-hybridized carbons (Fsp3) is 1.00. The number of aliphatic hydroxyl groups excluding tert-OH is 7. The summed E-state index contributed by atoms with van der Waals surface area (Å²) in [6.45, 7) is -0.737. The van der Waals surface area contributed by atoms with E-state index >= 15 is 0 Å². The lowest BCUT2D eigenvalue weighted by Crippen LogP contribution is -2.64. The van der Waals surface area contributed by atoms with Crippen molar-refractivity contribution in [3.05, 3.63) is 0 Å². The first-order chi connectivity index (χ1) is 12.8. The summed E-state index contributed by atoms with van der Waals surface area (Å²) in [6.07, 6.45) is -14.0. The van der Waals surface area contributed by atoms with Crippen LogP contribution in [0.25, 0.3) is 0 Å². The maximum Gasteiger partial charge on any atom is 0.187 e. The first kappa shape index (κ1) is 22.8. The van der Waals surface area contributed by atoms with Crippen LogP contribution < -0.4 is 5.73 Å². The molecule has 0 amide bonds. The molecule has 0 spiro atoms. The van der Waals surface area contributed by atoms with E-state index in [2.05, 4.69) is 0 Å². The number of hydrogen-bond donors (Lipinski definition) is 8. The van der Waals surface area contributed by atoms with Crippen LogP contribution in [0.1, 0.15) is 6.42 Å². The Bertz CT molecular complexity index is 440. The third-order valence-corrected chi connectivity index (χ3v) is 4.59. The molecule has 2 heterocycles. The molecule has 2 rings (SSSR count). The smallest absolute Gasteiger partial charge is 0.187 e. The molecular weight excluding hydrogens is 370 g/mol. The molecule has 160 valence electrons. The van der Waals surface area contributed by atoms with E-state index in [0.717, 1.165) is 0 Å². The molecule has 0 bridgehead atoms. The van der Waals surface area contributed by atoms with Crippen LogP contribution in [-0.4, -0.2) is 124 Å². The monoisotopic (exact) mass is 399 g/mol. The van der Waals surface area contributed by atoms with E-state index in [0.29, 0.717) is 13.0 Å². The molecule has 9 N–H and O–H groups in total. The van der Waals surface area contributed by atoms with Crippen LogP contribution in [-0.2, 0) is 18.9 Å². The van der Waals surface area contributed by atoms with Crippen LogP contribution in [0.3, 0.4) is 0 Å². The van der Waals surface area contributed by atoms with Gasteiger partial charge in [-0.15, -0.1) is 0 Å². The lowest BCUT2D eigenvalue weighted by Gasteiger charge is -2.45. The van der Waals surface area contributed by atoms with Gasteiger partial charge in [-0.3, -0.25) is 0 Å². The zero-order chi connectivity index (χ0) is 20.1. The van der Waals surface area contributed by atoms with Gasteiger partial charge in [-0.1, -0.05) is 0 Å². The van der Waals surface area contributed by atoms with Crippen LogP contribution in [0.4, 0.5) is 0 Å². The molecule has 0 aromatic carbocycles. The van der Waals surface area contributed by atoms with E-state index in [4.69, 9.17) is 24.7 Å². The molecule has 0 unspecified atom stereocenters. The molecule has 0 saturated carbocycles. The minimum absolute atomic E-state index is 0.168. The Morgan fingerprint density at radius 2 is 1.33 bits per heavy atom. The highest BCUT2D eigenvalue weighted by molar-refractivity contribution is 4.94. The molecule has 12 heteroatoms. The van der Waals surface area contributed by atoms with Gasteiger partial charge >= 0.3 is 0 Å². The summed E-state index contributed by atoms with van der Waals surface area (Å²) in [7, 11) is 0. The first-order valence-corrected chi connectivity index (χ1v) is 8.75. The van der Waals surface area contributed by atoms with Crippen molar-refractivity contribution in [2.45, 2.75) is 67.8 Å². The molecule has 12 nitrogen and oxygen atoms in total. The molecule has 0 aromatic rings. The van der Waals surface area contributed by atoms with E-state index in [9.17, 15) is 35.7 Å². The van der Waals surface area contributed by atoms with Crippen molar-refractivity contribution >= 4 is 0 Å². The number of hydrogen-bond acceptors (Lipinski definition) is 12. The summed E-state index contributed by atoms with van der Waals surface area (Å²) < 4.78 is 21.3. The fourth-order valence-corrected chi connectivity index (χ4v) is 2.98. The van der Waals surface area contributed by atoms with Crippen LogP contribution in [0, 0.1) is 0 Å². The Kier molecular flexibility index (Phi) is 8.73. The standard InChI is InChI=1S/C15H29NO11/c16-2-1-3-24-14-12(23)10(21)13(7(5-18)26-14)27-15-11(22)9(20)8(19)6(4-17)25-15/h6-15,17-23H,1-5,16H2/t6-,7-,8+,9+,10-,11-,12-,13-,14+,15+/m1/s1. The van der Waals surface area contributed by atoms with Gasteiger partial charge in [0, 0.05) is 0 Å². The maximum absolute atomic E-state index is 10.4. The average Bonchev–Trinajstić information content (AvgIpc) is 2.67. The summed E-state index contributed by atoms with van der Waals surface area (Å²) in [5.74, 6) is 0. The molecular formula is C15H29NO11. The average molecular weight is 399 g/mol. The van der Waals surface area contributed by atoms with Crippen molar-refractivity contribution in [3.8, 4) is 0 Å². The predicted molar refractivity (Wildman–Crippen MR) is 86.0 cm³/mol. The highest BCUT2D eigenvalue weighted by atomic mass is 16.7. The summed E-state index contributed by atoms with van der Waals surface area (Å²) in [4.78, 5) is 0. The van der Waals surface area contributed by atoms with Gasteiger partial charge in [-0.05, 0) is 13.0 Å². The zero-order valence-corrected chi connectivity index (χ0v) is 14.6. The molecule has 2 aliphatic rings. The van der Waals surface area contributed by atoms with Crippen molar-refractivity contribution in [1.29, 1.82) is 0 Å². The largest absolute Gasteiger partial charge is 0.394 e. The van der Waals surface area contributed by atoms with Gasteiger partial charge in [0.05, 0.1) is 19.8 Å². The van der Waals surface area contributed by atoms with Crippen molar-refractivity contribution in [2.75, 3.05) is 26.4 Å². The Hall–Kier alpha value is -0.480. The Labute approximate surface area is 155 Å². The molecule has 2 aliphatic heterocycles. The zero-order valence-electron chi connectivity index (χ0n) is 14.6. The Morgan fingerprint density at radius 3 is 1.93 bits per heavy atom. The minimum Gasteiger partial charge on any atom is -0.394 e. The second-order valence-electron chi connectivity index (χ2n) is 6.52. The van der Waals surface area contributed by atoms with E-state index in [1.807, 2.05) is 0 Å². The molecule has 27 heavy (non-hydrogen) atoms. The normalized spacial score (nSPS) is 45.8. The molecule has 0 aromatic heterocycles. The van der Waals surface area contributed by atoms with Gasteiger partial charge < -0.3 is 60.4 Å². The van der Waals surface area contributed by atoms with Gasteiger partial charge in [0.2, 0.25) is 0 Å². The molecule has 2 saturated heterocycles. The van der Waals surface area contributed by atoms with Crippen LogP contribution in [0.15, 0.2) is 0 Å². The third-order valence-electron chi connectivity index (χ3n) is 4.59. The number of rotatable bonds is 8. The van der Waals surface area contributed by atoms with E-state index in [-0.39, 0.29) is 6.61 Å². The van der Waals surface area contributed by atoms with E-state index in [1.54, 1.807) is 0 Å². The van der Waals surface area contributed by atoms with E-state index in [1.165, 1.54) is 0 Å². The van der Waals surface area contributed by atoms with Gasteiger partial charge in [0.25, 0.3) is 0 Å². The quantitative estimate of drug-likeness (QED) is 0.181. The molecule has 10 atom stereocenters. The van der Waals surface area contributed by atoms with Crippen LogP contribution in [0.5, 0.6) is 0 Å². The first-order valence-electron chi connectivity index (χ1n) is 8.75. The van der Waals surface area contributed by atoms with Gasteiger partial charge in [0.1, 0.15) is 48.8 Å². The summed E-state index contributed by atoms with van der Waals surface area (Å²) >= 11 is 0. The molecule has 0 radical (unpaired) electrons. The lowest BCUT2D eigenvalue weighted by atomic mass is 9.97. The third kappa shape index (κ3) is 5.12. The van der Waals surface area contributed by atoms with Crippen molar-refractivity contribution in [2.24, 2.45) is 5.73 Å². The van der Waals surface area contributed by atoms with E-state index < -0.39 is 74.6 Å². The Morgan fingerprint density at radius 1 is 0.741 bits per heavy atom. The van der Waals surface area contributed by atoms with Gasteiger partial charge in [0.15, 0.2) is 12.6 Å². The van der Waals surface area contributed by atoms with Crippen molar-refractivity contribution in [1.82, 2.24) is 0 Å². The van der Waals surface area contributed by atoms with Crippen LogP contribution >= 0.6 is 0 Å². The number of ether oxygens (including phenoxy) is 4. The lowest BCUT2D eigenvalue weighted by molar-refractivity contribution is -0.359. The highest BCUT2D eigenvalue weighted by Crippen LogP contribution is 2.29. The maximum atomic E-state index is 10.4. The predicted octanol–water partition coefficient (Wildman–Crippen LogP) is -5.02. The topological polar surface area (TPSA) is 205 Å². The second-order valence-corrected chi connectivity index (χ2v) is 6.52. The second kappa shape index (κ2) is 10.3. The molecule has 2 fully saturated rings. The van der Waals surface area contributed by atoms with Crippen molar-refractivity contribution < 1.29 is 54.7 Å². The fourth-order valence-electron chi connectivity index (χ4n) is 2.98. The van der Waals surface area contributed by atoms with Gasteiger partial charge in [-0.25, -0.2) is 0 Å². The SMILES string of the molecule is NCCCO[C@H]1O[C@H](CO)[C@@H](O[C@@H]2O[C@H](CO)[C@H](O)[C@H](O)[C@H]2O)[C@H](O)[C@H]1O. The number of nitrogens with two attached hydrogens (primary N) is 1. The highest BCUT2D eigenvalue weighted by Gasteiger charge is 2.50. The summed E-state index contributed by atoms with van der Waals surface area (Å²) in [6, 6.07) is 0. The summed E-state index contributed by atoms with van der Waals surface area (Å²) in [5.41, 5.74) is 5.36. The summed E-state index contributed by atoms with van der Waals surface area (Å²) in [5, 5.41) is 68.9.